The van der Waals surface area contributed by atoms with Gasteiger partial charge in [0, 0.05) is 16.6 Å². The summed E-state index contributed by atoms with van der Waals surface area (Å²) < 4.78 is 24.8. The molecule has 6 nitrogen and oxygen atoms in total. The smallest absolute Gasteiger partial charge is 0.185 e. The number of hydrogen-bond acceptors (Lipinski definition) is 6. The van der Waals surface area contributed by atoms with E-state index in [0.717, 1.165) is 33.3 Å². The topological polar surface area (TPSA) is 77.3 Å². The van der Waals surface area contributed by atoms with E-state index in [-0.39, 0.29) is 18.2 Å². The number of aryl methyl sites for hydroxylation is 1. The summed E-state index contributed by atoms with van der Waals surface area (Å²) in [6.07, 6.45) is 2.18. The zero-order valence-electron chi connectivity index (χ0n) is 20.3. The monoisotopic (exact) mass is 483 g/mol. The third-order valence-corrected chi connectivity index (χ3v) is 5.38. The van der Waals surface area contributed by atoms with E-state index in [9.17, 15) is 9.18 Å². The summed E-state index contributed by atoms with van der Waals surface area (Å²) in [6, 6.07) is 21.2. The number of nitrogens with one attached hydrogen (secondary N) is 1. The fourth-order valence-electron chi connectivity index (χ4n) is 3.69. The number of nitrogens with zero attached hydrogens (tertiary/aromatic N) is 2. The minimum atomic E-state index is -0.283. The van der Waals surface area contributed by atoms with Gasteiger partial charge in [-0.05, 0) is 78.7 Å². The van der Waals surface area contributed by atoms with Gasteiger partial charge < -0.3 is 14.5 Å². The first-order chi connectivity index (χ1) is 17.6. The highest BCUT2D eigenvalue weighted by Crippen LogP contribution is 2.31. The number of halogens is 1. The Labute approximate surface area is 208 Å². The average molecular weight is 484 g/mol. The van der Waals surface area contributed by atoms with Crippen molar-refractivity contribution >= 4 is 28.7 Å². The van der Waals surface area contributed by atoms with Gasteiger partial charge in [-0.2, -0.15) is 0 Å². The fraction of sp³-hybridized carbons (Fsp3) is 0.138. The van der Waals surface area contributed by atoms with Crippen LogP contribution in [0.3, 0.4) is 0 Å². The van der Waals surface area contributed by atoms with Crippen LogP contribution in [0.25, 0.3) is 22.2 Å². The number of hydrogen-bond donors (Lipinski definition) is 1. The van der Waals surface area contributed by atoms with Gasteiger partial charge in [0.15, 0.2) is 12.0 Å². The first-order valence-corrected chi connectivity index (χ1v) is 11.6. The normalized spacial score (nSPS) is 10.4. The summed E-state index contributed by atoms with van der Waals surface area (Å²) >= 11 is 0. The maximum absolute atomic E-state index is 13.4. The zero-order chi connectivity index (χ0) is 25.5. The molecule has 0 saturated carbocycles. The molecule has 2 heterocycles. The highest BCUT2D eigenvalue weighted by Gasteiger charge is 2.10. The Bertz CT molecular complexity index is 1500. The summed E-state index contributed by atoms with van der Waals surface area (Å²) in [7, 11) is 0. The molecule has 0 bridgehead atoms. The Hall–Kier alpha value is -4.52. The van der Waals surface area contributed by atoms with Crippen LogP contribution in [0.2, 0.25) is 0 Å². The quantitative estimate of drug-likeness (QED) is 0.242. The second-order valence-corrected chi connectivity index (χ2v) is 7.80. The molecule has 1 N–H and O–H groups in total. The lowest BCUT2D eigenvalue weighted by atomic mass is 10.1. The lowest BCUT2D eigenvalue weighted by Gasteiger charge is -2.13. The molecule has 2 aromatic heterocycles. The molecule has 5 rings (SSSR count). The number of carbonyl (C=O) groups is 1. The van der Waals surface area contributed by atoms with E-state index in [4.69, 9.17) is 9.15 Å². The molecule has 0 aliphatic rings. The first-order valence-electron chi connectivity index (χ1n) is 11.6. The van der Waals surface area contributed by atoms with Crippen LogP contribution in [0.1, 0.15) is 35.5 Å². The Morgan fingerprint density at radius 3 is 2.61 bits per heavy atom. The molecule has 182 valence electrons. The third-order valence-electron chi connectivity index (χ3n) is 5.38. The Morgan fingerprint density at radius 2 is 1.86 bits per heavy atom. The van der Waals surface area contributed by atoms with Gasteiger partial charge >= 0.3 is 0 Å². The summed E-state index contributed by atoms with van der Waals surface area (Å²) in [5.74, 6) is 1.94. The van der Waals surface area contributed by atoms with E-state index in [1.165, 1.54) is 18.5 Å². The lowest BCUT2D eigenvalue weighted by molar-refractivity contribution is 0.110. The van der Waals surface area contributed by atoms with Gasteiger partial charge in [0.25, 0.3) is 0 Å². The second kappa shape index (κ2) is 11.3. The van der Waals surface area contributed by atoms with Gasteiger partial charge in [-0.25, -0.2) is 14.4 Å². The van der Waals surface area contributed by atoms with Crippen molar-refractivity contribution < 1.29 is 18.3 Å². The second-order valence-electron chi connectivity index (χ2n) is 7.80. The van der Waals surface area contributed by atoms with Crippen molar-refractivity contribution in [2.24, 2.45) is 0 Å². The molecule has 0 atom stereocenters. The van der Waals surface area contributed by atoms with Gasteiger partial charge in [-0.3, -0.25) is 4.79 Å². The molecule has 0 aliphatic carbocycles. The molecule has 0 saturated heterocycles. The number of ether oxygens (including phenoxy) is 1. The minimum Gasteiger partial charge on any atom is -0.489 e. The molecule has 0 spiro atoms. The summed E-state index contributed by atoms with van der Waals surface area (Å²) in [5, 5.41) is 4.16. The molecule has 0 fully saturated rings. The number of benzene rings is 3. The number of furan rings is 1. The van der Waals surface area contributed by atoms with Crippen LogP contribution in [0.5, 0.6) is 5.75 Å². The fourth-order valence-corrected chi connectivity index (χ4v) is 3.69. The van der Waals surface area contributed by atoms with Gasteiger partial charge in [-0.1, -0.05) is 26.0 Å². The van der Waals surface area contributed by atoms with E-state index in [1.807, 2.05) is 63.2 Å². The number of carbonyl (C=O) groups excluding carboxylic acids is 1. The van der Waals surface area contributed by atoms with E-state index < -0.39 is 0 Å². The van der Waals surface area contributed by atoms with E-state index in [0.29, 0.717) is 23.6 Å². The van der Waals surface area contributed by atoms with Gasteiger partial charge in [0.1, 0.15) is 36.1 Å². The van der Waals surface area contributed by atoms with E-state index in [1.54, 1.807) is 18.2 Å². The molecular weight excluding hydrogens is 457 g/mol. The molecular formula is C29H26FN3O3. The Balaban J connectivity index is 0.00000148. The number of rotatable bonds is 7. The van der Waals surface area contributed by atoms with Crippen LogP contribution in [-0.2, 0) is 6.61 Å². The van der Waals surface area contributed by atoms with Crippen molar-refractivity contribution in [3.63, 3.8) is 0 Å². The summed E-state index contributed by atoms with van der Waals surface area (Å²) in [5.41, 5.74) is 4.12. The van der Waals surface area contributed by atoms with Gasteiger partial charge in [0.2, 0.25) is 0 Å². The van der Waals surface area contributed by atoms with Gasteiger partial charge in [0.05, 0.1) is 5.52 Å². The standard InChI is InChI=1S/C27H20FN3O3.C2H6/c1-17-11-21(6-9-25(17)33-15-18-3-2-4-20(28)12-18)31-27-23-13-19(5-8-24(23)29-16-30-27)26-10-7-22(14-32)34-26;1-2/h2-14,16H,15H2,1H3,(H,29,30,31);1-2H3. The highest BCUT2D eigenvalue weighted by molar-refractivity contribution is 5.93. The molecule has 3 aromatic carbocycles. The van der Waals surface area contributed by atoms with E-state index in [2.05, 4.69) is 15.3 Å². The van der Waals surface area contributed by atoms with Crippen molar-refractivity contribution in [1.29, 1.82) is 0 Å². The van der Waals surface area contributed by atoms with Crippen LogP contribution >= 0.6 is 0 Å². The lowest BCUT2D eigenvalue weighted by Crippen LogP contribution is -1.99. The predicted octanol–water partition coefficient (Wildman–Crippen LogP) is 7.50. The Kier molecular flexibility index (Phi) is 7.70. The zero-order valence-corrected chi connectivity index (χ0v) is 20.3. The highest BCUT2D eigenvalue weighted by atomic mass is 19.1. The molecule has 0 aliphatic heterocycles. The minimum absolute atomic E-state index is 0.271. The van der Waals surface area contributed by atoms with Crippen molar-refractivity contribution in [3.05, 3.63) is 102 Å². The van der Waals surface area contributed by atoms with Crippen LogP contribution in [-0.4, -0.2) is 16.3 Å². The Morgan fingerprint density at radius 1 is 1.00 bits per heavy atom. The molecule has 0 amide bonds. The average Bonchev–Trinajstić information content (AvgIpc) is 3.39. The molecule has 7 heteroatoms. The third kappa shape index (κ3) is 5.58. The van der Waals surface area contributed by atoms with Gasteiger partial charge in [-0.15, -0.1) is 0 Å². The first kappa shape index (κ1) is 24.6. The van der Waals surface area contributed by atoms with Crippen LogP contribution in [0.15, 0.2) is 83.5 Å². The van der Waals surface area contributed by atoms with Crippen LogP contribution < -0.4 is 10.1 Å². The molecule has 5 aromatic rings. The summed E-state index contributed by atoms with van der Waals surface area (Å²) in [4.78, 5) is 19.7. The van der Waals surface area contributed by atoms with Crippen molar-refractivity contribution in [2.75, 3.05) is 5.32 Å². The maximum atomic E-state index is 13.4. The number of aldehydes is 1. The molecule has 36 heavy (non-hydrogen) atoms. The van der Waals surface area contributed by atoms with Crippen LogP contribution in [0.4, 0.5) is 15.9 Å². The predicted molar refractivity (Wildman–Crippen MR) is 139 cm³/mol. The summed E-state index contributed by atoms with van der Waals surface area (Å²) in [6.45, 7) is 6.23. The SMILES string of the molecule is CC.Cc1cc(Nc2ncnc3ccc(-c4ccc(C=O)o4)cc23)ccc1OCc1cccc(F)c1. The van der Waals surface area contributed by atoms with Crippen molar-refractivity contribution in [3.8, 4) is 17.1 Å². The largest absolute Gasteiger partial charge is 0.489 e. The molecule has 0 unspecified atom stereocenters. The van der Waals surface area contributed by atoms with Crippen molar-refractivity contribution in [1.82, 2.24) is 9.97 Å². The van der Waals surface area contributed by atoms with E-state index >= 15 is 0 Å². The maximum Gasteiger partial charge on any atom is 0.185 e. The number of anilines is 2. The molecule has 0 radical (unpaired) electrons. The number of fused-ring (bicyclic) bond motifs is 1. The van der Waals surface area contributed by atoms with Crippen molar-refractivity contribution in [2.45, 2.75) is 27.4 Å². The van der Waals surface area contributed by atoms with Crippen LogP contribution in [0, 0.1) is 12.7 Å². The number of aromatic nitrogens is 2.